The van der Waals surface area contributed by atoms with Gasteiger partial charge >= 0.3 is 6.18 Å². The third-order valence-electron chi connectivity index (χ3n) is 0.320. The second-order valence-electron chi connectivity index (χ2n) is 1.13. The van der Waals surface area contributed by atoms with Crippen LogP contribution in [0.25, 0.3) is 0 Å². The molecule has 47 valence electrons. The molecule has 1 radical (unpaired) electrons. The number of allylic oxidation sites excluding steroid dienone is 2. The number of halogens is 4. The Kier molecular flexibility index (Phi) is 2.01. The monoisotopic (exact) mass is 127 g/mol. The molecule has 0 spiro atoms. The van der Waals surface area contributed by atoms with E-state index in [-0.39, 0.29) is 0 Å². The molecule has 0 fully saturated rings. The summed E-state index contributed by atoms with van der Waals surface area (Å²) >= 11 is 0. The van der Waals surface area contributed by atoms with Gasteiger partial charge in [0.2, 0.25) is 0 Å². The SMILES string of the molecule is [CH2]/C(F)=C/C(F)(F)F. The maximum Gasteiger partial charge on any atom is 0.412 e. The van der Waals surface area contributed by atoms with Gasteiger partial charge in [-0.15, -0.1) is 0 Å². The summed E-state index contributed by atoms with van der Waals surface area (Å²) in [7, 11) is 0. The lowest BCUT2D eigenvalue weighted by Gasteiger charge is -1.95. The second-order valence-corrected chi connectivity index (χ2v) is 1.13. The summed E-state index contributed by atoms with van der Waals surface area (Å²) in [5, 5.41) is 0. The molecule has 4 heteroatoms. The van der Waals surface area contributed by atoms with Gasteiger partial charge in [-0.1, -0.05) is 0 Å². The van der Waals surface area contributed by atoms with Crippen LogP contribution in [0.15, 0.2) is 11.9 Å². The minimum Gasteiger partial charge on any atom is -0.212 e. The summed E-state index contributed by atoms with van der Waals surface area (Å²) in [5.41, 5.74) is 0. The Morgan fingerprint density at radius 3 is 1.75 bits per heavy atom. The average molecular weight is 127 g/mol. The molecule has 0 aromatic heterocycles. The molecule has 0 saturated heterocycles. The van der Waals surface area contributed by atoms with E-state index in [1.54, 1.807) is 0 Å². The molecule has 0 atom stereocenters. The summed E-state index contributed by atoms with van der Waals surface area (Å²) in [6.07, 6.45) is -5.08. The highest BCUT2D eigenvalue weighted by Gasteiger charge is 2.23. The van der Waals surface area contributed by atoms with Gasteiger partial charge in [-0.25, -0.2) is 4.39 Å². The maximum atomic E-state index is 11.2. The van der Waals surface area contributed by atoms with Crippen molar-refractivity contribution < 1.29 is 17.6 Å². The van der Waals surface area contributed by atoms with E-state index in [9.17, 15) is 17.6 Å². The van der Waals surface area contributed by atoms with E-state index >= 15 is 0 Å². The van der Waals surface area contributed by atoms with Gasteiger partial charge in [0.25, 0.3) is 0 Å². The summed E-state index contributed by atoms with van der Waals surface area (Å²) < 4.78 is 44.1. The van der Waals surface area contributed by atoms with Gasteiger partial charge in [0.15, 0.2) is 0 Å². The van der Waals surface area contributed by atoms with Crippen LogP contribution >= 0.6 is 0 Å². The van der Waals surface area contributed by atoms with Gasteiger partial charge in [0.1, 0.15) is 5.83 Å². The second kappa shape index (κ2) is 2.15. The van der Waals surface area contributed by atoms with Crippen molar-refractivity contribution in [1.82, 2.24) is 0 Å². The van der Waals surface area contributed by atoms with E-state index in [2.05, 4.69) is 6.92 Å². The fourth-order valence-electron chi connectivity index (χ4n) is 0.178. The highest BCUT2D eigenvalue weighted by molar-refractivity contribution is 4.98. The van der Waals surface area contributed by atoms with Crippen molar-refractivity contribution in [3.63, 3.8) is 0 Å². The normalized spacial score (nSPS) is 14.4. The van der Waals surface area contributed by atoms with Gasteiger partial charge in [-0.3, -0.25) is 0 Å². The predicted molar refractivity (Wildman–Crippen MR) is 20.6 cm³/mol. The predicted octanol–water partition coefficient (Wildman–Crippen LogP) is 2.24. The molecule has 0 aliphatic heterocycles. The van der Waals surface area contributed by atoms with E-state index in [0.717, 1.165) is 0 Å². The van der Waals surface area contributed by atoms with E-state index in [1.807, 2.05) is 0 Å². The van der Waals surface area contributed by atoms with Crippen molar-refractivity contribution in [2.24, 2.45) is 0 Å². The van der Waals surface area contributed by atoms with Crippen molar-refractivity contribution in [3.8, 4) is 0 Å². The molecule has 0 aliphatic rings. The summed E-state index contributed by atoms with van der Waals surface area (Å²) in [5.74, 6) is -1.47. The zero-order valence-electron chi connectivity index (χ0n) is 3.80. The molecule has 0 N–H and O–H groups in total. The standard InChI is InChI=1S/C4H3F4/c1-3(5)2-4(6,7)8/h2H,1H2/b3-2-. The lowest BCUT2D eigenvalue weighted by Crippen LogP contribution is -2.01. The first-order chi connectivity index (χ1) is 3.42. The minimum absolute atomic E-state index is 0.507. The molecule has 0 unspecified atom stereocenters. The number of hydrogen-bond donors (Lipinski definition) is 0. The van der Waals surface area contributed by atoms with Crippen molar-refractivity contribution in [2.45, 2.75) is 6.18 Å². The zero-order valence-corrected chi connectivity index (χ0v) is 3.80. The fourth-order valence-corrected chi connectivity index (χ4v) is 0.178. The quantitative estimate of drug-likeness (QED) is 0.437. The first-order valence-corrected chi connectivity index (χ1v) is 1.69. The summed E-state index contributed by atoms with van der Waals surface area (Å²) in [6, 6.07) is 0. The Balaban J connectivity index is 3.89. The molecule has 0 aromatic carbocycles. The molecule has 8 heavy (non-hydrogen) atoms. The highest BCUT2D eigenvalue weighted by atomic mass is 19.4. The Morgan fingerprint density at radius 1 is 1.38 bits per heavy atom. The Labute approximate surface area is 43.8 Å². The van der Waals surface area contributed by atoms with Crippen molar-refractivity contribution in [1.29, 1.82) is 0 Å². The van der Waals surface area contributed by atoms with E-state index < -0.39 is 18.1 Å². The van der Waals surface area contributed by atoms with Gasteiger partial charge in [0, 0.05) is 6.92 Å². The smallest absolute Gasteiger partial charge is 0.212 e. The molecule has 0 bridgehead atoms. The summed E-state index contributed by atoms with van der Waals surface area (Å²) in [6.45, 7) is 2.40. The molecule has 0 heterocycles. The molecule has 0 aliphatic carbocycles. The van der Waals surface area contributed by atoms with E-state index in [1.165, 1.54) is 0 Å². The number of rotatable bonds is 0. The van der Waals surface area contributed by atoms with E-state index in [0.29, 0.717) is 0 Å². The molecule has 0 saturated carbocycles. The van der Waals surface area contributed by atoms with Crippen LogP contribution < -0.4 is 0 Å². The van der Waals surface area contributed by atoms with Gasteiger partial charge in [-0.2, -0.15) is 13.2 Å². The molecule has 0 amide bonds. The largest absolute Gasteiger partial charge is 0.412 e. The number of alkyl halides is 3. The molecular formula is C4H3F4. The maximum absolute atomic E-state index is 11.2. The van der Waals surface area contributed by atoms with Gasteiger partial charge in [-0.05, 0) is 0 Å². The molecular weight excluding hydrogens is 124 g/mol. The fraction of sp³-hybridized carbons (Fsp3) is 0.250. The van der Waals surface area contributed by atoms with Gasteiger partial charge < -0.3 is 0 Å². The van der Waals surface area contributed by atoms with Gasteiger partial charge in [0.05, 0.1) is 6.08 Å². The van der Waals surface area contributed by atoms with Crippen LogP contribution in [0, 0.1) is 6.92 Å². The Morgan fingerprint density at radius 2 is 1.75 bits per heavy atom. The molecule has 0 aromatic rings. The Hall–Kier alpha value is -0.540. The van der Waals surface area contributed by atoms with Crippen LogP contribution in [0.4, 0.5) is 17.6 Å². The lowest BCUT2D eigenvalue weighted by atomic mass is 10.5. The van der Waals surface area contributed by atoms with Crippen LogP contribution in [0.2, 0.25) is 0 Å². The Bertz CT molecular complexity index is 95.1. The molecule has 0 nitrogen and oxygen atoms in total. The average Bonchev–Trinajstić information content (AvgIpc) is 1.21. The van der Waals surface area contributed by atoms with Crippen LogP contribution in [-0.2, 0) is 0 Å². The minimum atomic E-state index is -4.58. The van der Waals surface area contributed by atoms with Crippen molar-refractivity contribution >= 4 is 0 Å². The third kappa shape index (κ3) is 5.46. The third-order valence-corrected chi connectivity index (χ3v) is 0.320. The van der Waals surface area contributed by atoms with Crippen molar-refractivity contribution in [3.05, 3.63) is 18.8 Å². The van der Waals surface area contributed by atoms with Crippen LogP contribution in [0.1, 0.15) is 0 Å². The van der Waals surface area contributed by atoms with Crippen LogP contribution in [0.3, 0.4) is 0 Å². The van der Waals surface area contributed by atoms with Crippen LogP contribution in [0.5, 0.6) is 0 Å². The number of hydrogen-bond acceptors (Lipinski definition) is 0. The zero-order chi connectivity index (χ0) is 6.78. The van der Waals surface area contributed by atoms with Crippen molar-refractivity contribution in [2.75, 3.05) is 0 Å². The summed E-state index contributed by atoms with van der Waals surface area (Å²) in [4.78, 5) is 0. The molecule has 0 rings (SSSR count). The first kappa shape index (κ1) is 7.46. The topological polar surface area (TPSA) is 0 Å². The first-order valence-electron chi connectivity index (χ1n) is 1.69. The van der Waals surface area contributed by atoms with E-state index in [4.69, 9.17) is 0 Å². The highest BCUT2D eigenvalue weighted by Crippen LogP contribution is 2.18. The lowest BCUT2D eigenvalue weighted by molar-refractivity contribution is -0.0811. The van der Waals surface area contributed by atoms with Crippen LogP contribution in [-0.4, -0.2) is 6.18 Å².